The summed E-state index contributed by atoms with van der Waals surface area (Å²) in [5, 5.41) is 9.35. The summed E-state index contributed by atoms with van der Waals surface area (Å²) in [6, 6.07) is 48.5. The van der Waals surface area contributed by atoms with E-state index in [1.807, 2.05) is 97.3 Å². The van der Waals surface area contributed by atoms with Crippen molar-refractivity contribution in [3.05, 3.63) is 157 Å². The topological polar surface area (TPSA) is 75.3 Å². The molecule has 5 heteroatoms. The number of pyridine rings is 1. The van der Waals surface area contributed by atoms with E-state index >= 15 is 0 Å². The highest BCUT2D eigenvalue weighted by Crippen LogP contribution is 2.60. The largest absolute Gasteiger partial charge is 0.263 e. The predicted octanol–water partition coefficient (Wildman–Crippen LogP) is 11.6. The lowest BCUT2D eigenvalue weighted by Crippen LogP contribution is -2.48. The predicted molar refractivity (Wildman–Crippen MR) is 215 cm³/mol. The van der Waals surface area contributed by atoms with Crippen LogP contribution in [0.4, 0.5) is 0 Å². The van der Waals surface area contributed by atoms with Gasteiger partial charge in [0.2, 0.25) is 0 Å². The number of benzene rings is 5. The number of hydrogen-bond donors (Lipinski definition) is 0. The number of hydrogen-bond acceptors (Lipinski definition) is 5. The van der Waals surface area contributed by atoms with E-state index < -0.39 is 0 Å². The first kappa shape index (κ1) is 32.4. The van der Waals surface area contributed by atoms with Crippen molar-refractivity contribution in [3.8, 4) is 73.6 Å². The minimum Gasteiger partial charge on any atom is -0.263 e. The van der Waals surface area contributed by atoms with Gasteiger partial charge in [0.1, 0.15) is 0 Å². The van der Waals surface area contributed by atoms with Gasteiger partial charge in [-0.25, -0.2) is 15.0 Å². The smallest absolute Gasteiger partial charge is 0.164 e. The minimum atomic E-state index is 0.352. The van der Waals surface area contributed by atoms with Gasteiger partial charge in [0.15, 0.2) is 17.5 Å². The van der Waals surface area contributed by atoms with Crippen molar-refractivity contribution in [1.29, 1.82) is 5.26 Å². The Kier molecular flexibility index (Phi) is 7.99. The van der Waals surface area contributed by atoms with Gasteiger partial charge in [-0.15, -0.1) is 0 Å². The zero-order valence-electron chi connectivity index (χ0n) is 30.1. The Morgan fingerprint density at radius 1 is 0.444 bits per heavy atom. The van der Waals surface area contributed by atoms with Crippen LogP contribution in [0.5, 0.6) is 0 Å². The summed E-state index contributed by atoms with van der Waals surface area (Å²) >= 11 is 0. The van der Waals surface area contributed by atoms with Crippen LogP contribution < -0.4 is 0 Å². The lowest BCUT2D eigenvalue weighted by atomic mass is 9.48. The number of nitriles is 1. The monoisotopic (exact) mass is 697 g/mol. The highest BCUT2D eigenvalue weighted by Gasteiger charge is 2.51. The molecule has 2 aromatic heterocycles. The first-order chi connectivity index (χ1) is 26.6. The average molecular weight is 698 g/mol. The molecule has 0 unspecified atom stereocenters. The molecular formula is C49H39N5. The molecule has 0 spiro atoms. The molecule has 0 amide bonds. The van der Waals surface area contributed by atoms with E-state index in [9.17, 15) is 5.26 Å². The maximum atomic E-state index is 9.35. The van der Waals surface area contributed by atoms with E-state index in [1.165, 1.54) is 49.7 Å². The van der Waals surface area contributed by atoms with E-state index in [2.05, 4.69) is 59.6 Å². The molecule has 7 aromatic rings. The molecule has 11 rings (SSSR count). The fourth-order valence-corrected chi connectivity index (χ4v) is 10.0. The van der Waals surface area contributed by atoms with Gasteiger partial charge in [-0.3, -0.25) is 4.98 Å². The van der Waals surface area contributed by atoms with Crippen molar-refractivity contribution in [1.82, 2.24) is 19.9 Å². The molecular weight excluding hydrogens is 659 g/mol. The summed E-state index contributed by atoms with van der Waals surface area (Å²) in [5.41, 5.74) is 11.6. The van der Waals surface area contributed by atoms with Crippen LogP contribution in [0, 0.1) is 29.1 Å². The van der Waals surface area contributed by atoms with Gasteiger partial charge in [0.05, 0.1) is 11.6 Å². The third kappa shape index (κ3) is 6.08. The van der Waals surface area contributed by atoms with E-state index in [4.69, 9.17) is 15.0 Å². The van der Waals surface area contributed by atoms with E-state index in [-0.39, 0.29) is 0 Å². The Bertz CT molecular complexity index is 2430. The first-order valence-electron chi connectivity index (χ1n) is 19.2. The number of nitrogens with zero attached hydrogens (tertiary/aromatic N) is 5. The molecule has 4 bridgehead atoms. The fourth-order valence-electron chi connectivity index (χ4n) is 10.0. The van der Waals surface area contributed by atoms with Crippen LogP contribution in [-0.4, -0.2) is 19.9 Å². The van der Waals surface area contributed by atoms with Crippen molar-refractivity contribution in [2.45, 2.75) is 43.9 Å². The lowest BCUT2D eigenvalue weighted by molar-refractivity contribution is -0.00518. The molecule has 0 atom stereocenters. The lowest BCUT2D eigenvalue weighted by Gasteiger charge is -2.57. The molecule has 2 heterocycles. The molecule has 4 fully saturated rings. The van der Waals surface area contributed by atoms with Gasteiger partial charge >= 0.3 is 0 Å². The van der Waals surface area contributed by atoms with Crippen molar-refractivity contribution in [2.75, 3.05) is 0 Å². The molecule has 5 aromatic carbocycles. The molecule has 4 aliphatic carbocycles. The molecule has 5 nitrogen and oxygen atoms in total. The Hall–Kier alpha value is -6.25. The molecule has 0 radical (unpaired) electrons. The molecule has 0 N–H and O–H groups in total. The van der Waals surface area contributed by atoms with Crippen LogP contribution in [0.1, 0.15) is 49.7 Å². The average Bonchev–Trinajstić information content (AvgIpc) is 3.23. The highest BCUT2D eigenvalue weighted by atomic mass is 15.0. The van der Waals surface area contributed by atoms with Crippen LogP contribution in [-0.2, 0) is 5.41 Å². The molecule has 4 aliphatic rings. The minimum absolute atomic E-state index is 0.352. The van der Waals surface area contributed by atoms with Crippen molar-refractivity contribution < 1.29 is 0 Å². The highest BCUT2D eigenvalue weighted by molar-refractivity contribution is 5.82. The van der Waals surface area contributed by atoms with Gasteiger partial charge in [-0.05, 0) is 126 Å². The summed E-state index contributed by atoms with van der Waals surface area (Å²) < 4.78 is 0. The molecule has 260 valence electrons. The van der Waals surface area contributed by atoms with Gasteiger partial charge < -0.3 is 0 Å². The van der Waals surface area contributed by atoms with Crippen LogP contribution in [0.25, 0.3) is 67.5 Å². The standard InChI is InChI=1S/C49H39N5/c50-29-32-11-13-37(14-12-32)43-25-44(31-51-30-43)41-22-40(36-15-17-45(18-16-36)49-26-33-19-34(27-49)21-35(20-33)28-49)23-42(24-41)48-53-46(38-7-3-1-4-8-38)52-47(54-48)39-9-5-2-6-10-39/h1-18,22-25,30-31,33-35H,19-21,26-28H2/t33-,34-,35-,49?. The zero-order chi connectivity index (χ0) is 36.1. The van der Waals surface area contributed by atoms with Gasteiger partial charge in [0, 0.05) is 40.2 Å². The van der Waals surface area contributed by atoms with Crippen LogP contribution in [0.3, 0.4) is 0 Å². The maximum absolute atomic E-state index is 9.35. The summed E-state index contributed by atoms with van der Waals surface area (Å²) in [5.74, 6) is 4.61. The molecule has 54 heavy (non-hydrogen) atoms. The second-order valence-electron chi connectivity index (χ2n) is 15.8. The summed E-state index contributed by atoms with van der Waals surface area (Å²) in [4.78, 5) is 19.9. The molecule has 0 aliphatic heterocycles. The normalized spacial score (nSPS) is 21.1. The van der Waals surface area contributed by atoms with E-state index in [0.717, 1.165) is 62.3 Å². The summed E-state index contributed by atoms with van der Waals surface area (Å²) in [6.07, 6.45) is 12.2. The van der Waals surface area contributed by atoms with Crippen LogP contribution in [0.2, 0.25) is 0 Å². The second kappa shape index (κ2) is 13.3. The third-order valence-corrected chi connectivity index (χ3v) is 12.2. The van der Waals surface area contributed by atoms with E-state index in [0.29, 0.717) is 28.5 Å². The van der Waals surface area contributed by atoms with Crippen LogP contribution in [0.15, 0.2) is 146 Å². The summed E-state index contributed by atoms with van der Waals surface area (Å²) in [6.45, 7) is 0. The zero-order valence-corrected chi connectivity index (χ0v) is 30.1. The van der Waals surface area contributed by atoms with Crippen LogP contribution >= 0.6 is 0 Å². The summed E-state index contributed by atoms with van der Waals surface area (Å²) in [7, 11) is 0. The van der Waals surface area contributed by atoms with Gasteiger partial charge in [-0.2, -0.15) is 5.26 Å². The fraction of sp³-hybridized carbons (Fsp3) is 0.204. The van der Waals surface area contributed by atoms with Crippen molar-refractivity contribution >= 4 is 0 Å². The Labute approximate surface area is 316 Å². The Morgan fingerprint density at radius 3 is 1.41 bits per heavy atom. The molecule has 4 saturated carbocycles. The maximum Gasteiger partial charge on any atom is 0.164 e. The van der Waals surface area contributed by atoms with Crippen molar-refractivity contribution in [3.63, 3.8) is 0 Å². The van der Waals surface area contributed by atoms with Crippen molar-refractivity contribution in [2.24, 2.45) is 17.8 Å². The first-order valence-corrected chi connectivity index (χ1v) is 19.2. The quantitative estimate of drug-likeness (QED) is 0.166. The van der Waals surface area contributed by atoms with Gasteiger partial charge in [-0.1, -0.05) is 97.1 Å². The SMILES string of the molecule is N#Cc1ccc(-c2cncc(-c3cc(-c4ccc(C56C[C@H]7C[C@H](C5)C[C@@H](C6)C7)cc4)cc(-c4nc(-c5ccccc5)nc(-c5ccccc5)n4)c3)c2)cc1. The second-order valence-corrected chi connectivity index (χ2v) is 15.8. The van der Waals surface area contributed by atoms with Gasteiger partial charge in [0.25, 0.3) is 0 Å². The third-order valence-electron chi connectivity index (χ3n) is 12.2. The number of aromatic nitrogens is 4. The van der Waals surface area contributed by atoms with E-state index in [1.54, 1.807) is 0 Å². The molecule has 0 saturated heterocycles. The number of rotatable bonds is 7. The Morgan fingerprint density at radius 2 is 0.870 bits per heavy atom. The Balaban J connectivity index is 1.11.